The maximum atomic E-state index is 6.81. The molecule has 10 heteroatoms. The molecule has 0 unspecified atom stereocenters. The summed E-state index contributed by atoms with van der Waals surface area (Å²) in [6, 6.07) is 65.9. The number of hydrogen-bond donors (Lipinski definition) is 0. The van der Waals surface area contributed by atoms with Gasteiger partial charge in [-0.3, -0.25) is 19.9 Å². The molecule has 6 aromatic heterocycles. The molecule has 5 aromatic carbocycles. The van der Waals surface area contributed by atoms with Gasteiger partial charge in [-0.2, -0.15) is 0 Å². The van der Waals surface area contributed by atoms with E-state index in [0.29, 0.717) is 26.4 Å². The van der Waals surface area contributed by atoms with E-state index in [1.807, 2.05) is 72.8 Å². The standard InChI is InChI=1S/C100H108N6O4/c1-5-9-13-17-21-33-64-107-97-75-85(99(109-66-35-23-19-15-11-7-3)73-83(97)56-48-77-44-52-81(53-45-77)87-69-93(89-40-25-29-60-101-89)105-94(70-87)90-41-26-30-61-102-90)58-50-79-38-37-39-80(68-79)51-59-86-76-98(108-65-34-22-18-14-10-6-2)84(74-100(86)110-67-36-24-20-16-12-8-4)57-49-78-46-54-82(55-47-78)88-71-95(91-42-27-31-62-103-91)106-96(72-88)92-43-28-32-63-104-92/h25-32,37-47,50-55,58-63,68-76H,5-24,33-36,64-67H2,1-4H3/b58-50+,59-51+. The zero-order chi connectivity index (χ0) is 75.8. The zero-order valence-corrected chi connectivity index (χ0v) is 65.2. The molecule has 0 aliphatic rings. The van der Waals surface area contributed by atoms with Gasteiger partial charge in [-0.1, -0.05) is 271 Å². The molecule has 0 N–H and O–H groups in total. The largest absolute Gasteiger partial charge is 0.493 e. The van der Waals surface area contributed by atoms with Crippen LogP contribution in [0.15, 0.2) is 219 Å². The Morgan fingerprint density at radius 2 is 0.564 bits per heavy atom. The molecule has 0 radical (unpaired) electrons. The summed E-state index contributed by atoms with van der Waals surface area (Å²) in [7, 11) is 0. The van der Waals surface area contributed by atoms with Crippen molar-refractivity contribution in [1.82, 2.24) is 29.9 Å². The molecule has 11 rings (SSSR count). The highest BCUT2D eigenvalue weighted by Crippen LogP contribution is 2.36. The van der Waals surface area contributed by atoms with Crippen molar-refractivity contribution in [2.24, 2.45) is 0 Å². The maximum absolute atomic E-state index is 6.81. The molecule has 6 heterocycles. The van der Waals surface area contributed by atoms with Crippen molar-refractivity contribution in [2.75, 3.05) is 26.4 Å². The van der Waals surface area contributed by atoms with Gasteiger partial charge in [-0.15, -0.1) is 0 Å². The lowest BCUT2D eigenvalue weighted by Gasteiger charge is -2.15. The minimum atomic E-state index is 0.598. The summed E-state index contributed by atoms with van der Waals surface area (Å²) in [6.07, 6.45) is 43.9. The molecule has 0 saturated heterocycles. The highest BCUT2D eigenvalue weighted by Gasteiger charge is 2.17. The number of nitrogens with zero attached hydrogens (tertiary/aromatic N) is 6. The molecule has 0 amide bonds. The molecule has 0 bridgehead atoms. The number of aromatic nitrogens is 6. The Balaban J connectivity index is 0.886. The van der Waals surface area contributed by atoms with Gasteiger partial charge in [0.2, 0.25) is 0 Å². The second-order valence-corrected chi connectivity index (χ2v) is 28.3. The van der Waals surface area contributed by atoms with Crippen molar-refractivity contribution in [3.8, 4) is 114 Å². The second-order valence-electron chi connectivity index (χ2n) is 28.3. The van der Waals surface area contributed by atoms with E-state index in [1.54, 1.807) is 24.8 Å². The van der Waals surface area contributed by atoms with Gasteiger partial charge >= 0.3 is 0 Å². The molecule has 11 aromatic rings. The fourth-order valence-electron chi connectivity index (χ4n) is 13.2. The lowest BCUT2D eigenvalue weighted by molar-refractivity contribution is 0.295. The van der Waals surface area contributed by atoms with Crippen LogP contribution in [0, 0.1) is 23.7 Å². The van der Waals surface area contributed by atoms with E-state index in [2.05, 4.69) is 217 Å². The molecular formula is C100H108N6O4. The normalized spacial score (nSPS) is 11.2. The van der Waals surface area contributed by atoms with Crippen LogP contribution < -0.4 is 18.9 Å². The van der Waals surface area contributed by atoms with Crippen LogP contribution in [-0.4, -0.2) is 56.3 Å². The quantitative estimate of drug-likeness (QED) is 0.0208. The van der Waals surface area contributed by atoms with Crippen LogP contribution in [-0.2, 0) is 0 Å². The van der Waals surface area contributed by atoms with Crippen LogP contribution in [0.3, 0.4) is 0 Å². The van der Waals surface area contributed by atoms with Crippen molar-refractivity contribution in [2.45, 2.75) is 182 Å². The minimum Gasteiger partial charge on any atom is -0.493 e. The molecule has 0 aliphatic heterocycles. The van der Waals surface area contributed by atoms with Crippen molar-refractivity contribution >= 4 is 24.3 Å². The van der Waals surface area contributed by atoms with E-state index < -0.39 is 0 Å². The van der Waals surface area contributed by atoms with Gasteiger partial charge in [0.15, 0.2) is 0 Å². The molecule has 562 valence electrons. The Morgan fingerprint density at radius 1 is 0.255 bits per heavy atom. The van der Waals surface area contributed by atoms with Gasteiger partial charge in [0, 0.05) is 59.2 Å². The predicted molar refractivity (Wildman–Crippen MR) is 457 cm³/mol. The van der Waals surface area contributed by atoms with E-state index in [0.717, 1.165) is 187 Å². The van der Waals surface area contributed by atoms with E-state index in [-0.39, 0.29) is 0 Å². The smallest absolute Gasteiger partial charge is 0.135 e. The molecule has 0 aliphatic carbocycles. The fraction of sp³-hybridized carbons (Fsp3) is 0.320. The van der Waals surface area contributed by atoms with Crippen molar-refractivity contribution in [1.29, 1.82) is 0 Å². The highest BCUT2D eigenvalue weighted by molar-refractivity contribution is 5.80. The Hall–Kier alpha value is -11.2. The van der Waals surface area contributed by atoms with Crippen LogP contribution in [0.25, 0.3) is 92.1 Å². The molecular weight excluding hydrogens is 1350 g/mol. The third-order valence-corrected chi connectivity index (χ3v) is 19.5. The summed E-state index contributed by atoms with van der Waals surface area (Å²) >= 11 is 0. The average Bonchev–Trinajstić information content (AvgIpc) is 0.806. The molecule has 0 saturated carbocycles. The first-order valence-corrected chi connectivity index (χ1v) is 40.7. The van der Waals surface area contributed by atoms with Crippen LogP contribution in [0.5, 0.6) is 23.0 Å². The van der Waals surface area contributed by atoms with E-state index in [4.69, 9.17) is 28.9 Å². The van der Waals surface area contributed by atoms with Crippen molar-refractivity contribution < 1.29 is 18.9 Å². The Kier molecular flexibility index (Phi) is 32.6. The van der Waals surface area contributed by atoms with Gasteiger partial charge in [-0.05, 0) is 174 Å². The summed E-state index contributed by atoms with van der Waals surface area (Å²) < 4.78 is 27.2. The first-order chi connectivity index (χ1) is 54.4. The third kappa shape index (κ3) is 25.5. The van der Waals surface area contributed by atoms with E-state index >= 15 is 0 Å². The number of pyridine rings is 6. The van der Waals surface area contributed by atoms with Crippen LogP contribution >= 0.6 is 0 Å². The molecule has 110 heavy (non-hydrogen) atoms. The Labute approximate surface area is 655 Å². The third-order valence-electron chi connectivity index (χ3n) is 19.5. The predicted octanol–water partition coefficient (Wildman–Crippen LogP) is 26.2. The minimum absolute atomic E-state index is 0.598. The van der Waals surface area contributed by atoms with Crippen LogP contribution in [0.1, 0.15) is 226 Å². The fourth-order valence-corrected chi connectivity index (χ4v) is 13.2. The Morgan fingerprint density at radius 3 is 0.873 bits per heavy atom. The summed E-state index contributed by atoms with van der Waals surface area (Å²) in [4.78, 5) is 28.6. The van der Waals surface area contributed by atoms with Crippen LogP contribution in [0.4, 0.5) is 0 Å². The van der Waals surface area contributed by atoms with E-state index in [9.17, 15) is 0 Å². The lowest BCUT2D eigenvalue weighted by atomic mass is 10.0. The number of rotatable bonds is 42. The monoisotopic (exact) mass is 1460 g/mol. The molecule has 0 fully saturated rings. The first kappa shape index (κ1) is 79.8. The number of benzene rings is 5. The second kappa shape index (κ2) is 44.9. The van der Waals surface area contributed by atoms with Crippen molar-refractivity contribution in [3.05, 3.63) is 263 Å². The van der Waals surface area contributed by atoms with E-state index in [1.165, 1.54) is 103 Å². The SMILES string of the molecule is CCCCCCCCOc1cc(/C=C/c2cccc(/C=C/c3cc(OCCCCCCCC)c(C#Cc4ccc(-c5cc(-c6ccccn6)nc(-c6ccccn6)c5)cc4)cc3OCCCCCCCC)c2)c(OCCCCCCCC)cc1C#Cc1ccc(-c2cc(-c3ccccn3)nc(-c3ccccn3)c2)cc1. The molecule has 0 atom stereocenters. The molecule has 10 nitrogen and oxygen atoms in total. The zero-order valence-electron chi connectivity index (χ0n) is 65.2. The topological polar surface area (TPSA) is 114 Å². The summed E-state index contributed by atoms with van der Waals surface area (Å²) in [5.41, 5.74) is 17.8. The number of hydrogen-bond acceptors (Lipinski definition) is 10. The number of unbranched alkanes of at least 4 members (excludes halogenated alkanes) is 20. The van der Waals surface area contributed by atoms with Gasteiger partial charge in [-0.25, -0.2) is 9.97 Å². The van der Waals surface area contributed by atoms with Crippen LogP contribution in [0.2, 0.25) is 0 Å². The van der Waals surface area contributed by atoms with Gasteiger partial charge in [0.25, 0.3) is 0 Å². The lowest BCUT2D eigenvalue weighted by Crippen LogP contribution is -2.03. The summed E-state index contributed by atoms with van der Waals surface area (Å²) in [6.45, 7) is 11.5. The van der Waals surface area contributed by atoms with Gasteiger partial charge in [0.05, 0.1) is 83.1 Å². The Bertz CT molecular complexity index is 4370. The highest BCUT2D eigenvalue weighted by atomic mass is 16.5. The molecule has 0 spiro atoms. The first-order valence-electron chi connectivity index (χ1n) is 40.7. The maximum Gasteiger partial charge on any atom is 0.135 e. The van der Waals surface area contributed by atoms with Gasteiger partial charge < -0.3 is 18.9 Å². The van der Waals surface area contributed by atoms with Crippen molar-refractivity contribution in [3.63, 3.8) is 0 Å². The summed E-state index contributed by atoms with van der Waals surface area (Å²) in [5.74, 6) is 17.2. The average molecular weight is 1460 g/mol. The summed E-state index contributed by atoms with van der Waals surface area (Å²) in [5, 5.41) is 0. The number of ether oxygens (including phenoxy) is 4. The van der Waals surface area contributed by atoms with Gasteiger partial charge in [0.1, 0.15) is 23.0 Å².